The molecule has 108 valence electrons. The van der Waals surface area contributed by atoms with E-state index in [9.17, 15) is 24.6 Å². The van der Waals surface area contributed by atoms with Gasteiger partial charge in [-0.2, -0.15) is 4.98 Å². The van der Waals surface area contributed by atoms with Gasteiger partial charge in [-0.1, -0.05) is 0 Å². The number of pyridine rings is 1. The number of rotatable bonds is 4. The lowest BCUT2D eigenvalue weighted by Crippen LogP contribution is -1.99. The first kappa shape index (κ1) is 14.1. The topological polar surface area (TPSA) is 134 Å². The Balaban J connectivity index is 2.45. The summed E-state index contributed by atoms with van der Waals surface area (Å²) in [6.45, 7) is 0. The van der Waals surface area contributed by atoms with Crippen molar-refractivity contribution in [3.8, 4) is 11.6 Å². The van der Waals surface area contributed by atoms with Crippen LogP contribution in [0.3, 0.4) is 0 Å². The summed E-state index contributed by atoms with van der Waals surface area (Å²) >= 11 is 0. The van der Waals surface area contributed by atoms with Crippen LogP contribution in [0.4, 0.5) is 21.6 Å². The van der Waals surface area contributed by atoms with Gasteiger partial charge in [0, 0.05) is 12.1 Å². The van der Waals surface area contributed by atoms with Gasteiger partial charge in [-0.15, -0.1) is 0 Å². The Morgan fingerprint density at radius 1 is 1.14 bits per heavy atom. The van der Waals surface area contributed by atoms with E-state index in [0.717, 1.165) is 30.3 Å². The second kappa shape index (κ2) is 5.36. The molecule has 0 unspecified atom stereocenters. The molecule has 1 aromatic carbocycles. The number of aromatic nitrogens is 1. The Morgan fingerprint density at radius 3 is 2.48 bits per heavy atom. The summed E-state index contributed by atoms with van der Waals surface area (Å²) in [6.07, 6.45) is 0. The van der Waals surface area contributed by atoms with Crippen molar-refractivity contribution < 1.29 is 19.0 Å². The van der Waals surface area contributed by atoms with Crippen molar-refractivity contribution in [3.05, 3.63) is 56.4 Å². The van der Waals surface area contributed by atoms with E-state index in [2.05, 4.69) is 4.98 Å². The number of nitrogen functional groups attached to an aromatic ring is 1. The molecule has 1 aromatic heterocycles. The molecule has 10 heteroatoms. The van der Waals surface area contributed by atoms with Crippen LogP contribution in [0.25, 0.3) is 0 Å². The smallest absolute Gasteiger partial charge is 0.311 e. The molecule has 1 heterocycles. The maximum absolute atomic E-state index is 13.1. The molecular weight excluding hydrogens is 287 g/mol. The van der Waals surface area contributed by atoms with Crippen LogP contribution in [-0.4, -0.2) is 14.8 Å². The third-order valence-corrected chi connectivity index (χ3v) is 2.35. The third-order valence-electron chi connectivity index (χ3n) is 2.35. The van der Waals surface area contributed by atoms with Gasteiger partial charge in [0.2, 0.25) is 11.6 Å². The van der Waals surface area contributed by atoms with Crippen LogP contribution >= 0.6 is 0 Å². The molecule has 9 nitrogen and oxygen atoms in total. The van der Waals surface area contributed by atoms with E-state index in [4.69, 9.17) is 10.5 Å². The van der Waals surface area contributed by atoms with Crippen LogP contribution in [0.5, 0.6) is 11.6 Å². The lowest BCUT2D eigenvalue weighted by Gasteiger charge is -2.06. The number of hydrogen-bond donors (Lipinski definition) is 1. The zero-order chi connectivity index (χ0) is 15.6. The minimum atomic E-state index is -0.782. The van der Waals surface area contributed by atoms with Crippen LogP contribution in [0.1, 0.15) is 0 Å². The van der Waals surface area contributed by atoms with E-state index in [-0.39, 0.29) is 11.7 Å². The number of nitrogens with zero attached hydrogens (tertiary/aromatic N) is 3. The Morgan fingerprint density at radius 2 is 1.86 bits per heavy atom. The number of halogens is 1. The summed E-state index contributed by atoms with van der Waals surface area (Å²) in [5.74, 6) is -1.77. The first-order valence-corrected chi connectivity index (χ1v) is 5.40. The van der Waals surface area contributed by atoms with Gasteiger partial charge in [-0.25, -0.2) is 4.39 Å². The lowest BCUT2D eigenvalue weighted by atomic mass is 10.3. The number of ether oxygens (including phenoxy) is 1. The van der Waals surface area contributed by atoms with Crippen molar-refractivity contribution in [3.63, 3.8) is 0 Å². The molecule has 0 spiro atoms. The second-order valence-corrected chi connectivity index (χ2v) is 3.82. The highest BCUT2D eigenvalue weighted by atomic mass is 19.1. The van der Waals surface area contributed by atoms with Crippen LogP contribution in [0, 0.1) is 26.0 Å². The number of nitrogens with two attached hydrogens (primary N) is 1. The fraction of sp³-hybridized carbons (Fsp3) is 0. The molecule has 0 saturated carbocycles. The standard InChI is InChI=1S/C11H7FN4O5/c12-6-1-2-8(16(19)20)9(3-6)21-11-5-7(15(17)18)4-10(13)14-11/h1-5H,(H2,13,14). The van der Waals surface area contributed by atoms with Gasteiger partial charge in [0.1, 0.15) is 11.6 Å². The van der Waals surface area contributed by atoms with Gasteiger partial charge < -0.3 is 10.5 Å². The molecule has 0 saturated heterocycles. The molecule has 0 fully saturated rings. The highest BCUT2D eigenvalue weighted by Crippen LogP contribution is 2.32. The molecule has 2 aromatic rings. The van der Waals surface area contributed by atoms with Crippen molar-refractivity contribution in [2.24, 2.45) is 0 Å². The summed E-state index contributed by atoms with van der Waals surface area (Å²) in [5, 5.41) is 21.5. The number of hydrogen-bond acceptors (Lipinski definition) is 7. The number of nitro groups is 2. The van der Waals surface area contributed by atoms with E-state index in [1.807, 2.05) is 0 Å². The van der Waals surface area contributed by atoms with Crippen molar-refractivity contribution >= 4 is 17.2 Å². The van der Waals surface area contributed by atoms with Crippen molar-refractivity contribution in [2.75, 3.05) is 5.73 Å². The Labute approximate surface area is 116 Å². The first-order valence-electron chi connectivity index (χ1n) is 5.40. The van der Waals surface area contributed by atoms with Gasteiger partial charge in [0.05, 0.1) is 22.0 Å². The molecule has 2 rings (SSSR count). The minimum Gasteiger partial charge on any atom is -0.431 e. The molecule has 2 N–H and O–H groups in total. The SMILES string of the molecule is Nc1cc([N+](=O)[O-])cc(Oc2cc(F)ccc2[N+](=O)[O-])n1. The zero-order valence-electron chi connectivity index (χ0n) is 10.2. The third kappa shape index (κ3) is 3.18. The fourth-order valence-corrected chi connectivity index (χ4v) is 1.50. The van der Waals surface area contributed by atoms with E-state index in [1.54, 1.807) is 0 Å². The molecular formula is C11H7FN4O5. The van der Waals surface area contributed by atoms with Gasteiger partial charge in [0.25, 0.3) is 5.69 Å². The van der Waals surface area contributed by atoms with Gasteiger partial charge in [-0.3, -0.25) is 20.2 Å². The summed E-state index contributed by atoms with van der Waals surface area (Å²) in [4.78, 5) is 23.6. The van der Waals surface area contributed by atoms with Crippen LogP contribution in [-0.2, 0) is 0 Å². The van der Waals surface area contributed by atoms with Crippen LogP contribution in [0.2, 0.25) is 0 Å². The van der Waals surface area contributed by atoms with E-state index < -0.39 is 32.8 Å². The fourth-order valence-electron chi connectivity index (χ4n) is 1.50. The van der Waals surface area contributed by atoms with E-state index in [1.165, 1.54) is 0 Å². The van der Waals surface area contributed by atoms with Crippen LogP contribution < -0.4 is 10.5 Å². The summed E-state index contributed by atoms with van der Waals surface area (Å²) in [5.41, 5.74) is 4.46. The van der Waals surface area contributed by atoms with E-state index >= 15 is 0 Å². The van der Waals surface area contributed by atoms with Crippen LogP contribution in [0.15, 0.2) is 30.3 Å². The zero-order valence-corrected chi connectivity index (χ0v) is 10.2. The quantitative estimate of drug-likeness (QED) is 0.675. The molecule has 0 bridgehead atoms. The second-order valence-electron chi connectivity index (χ2n) is 3.82. The number of benzene rings is 1. The minimum absolute atomic E-state index is 0.210. The monoisotopic (exact) mass is 294 g/mol. The highest BCUT2D eigenvalue weighted by Gasteiger charge is 2.19. The van der Waals surface area contributed by atoms with Gasteiger partial charge >= 0.3 is 5.69 Å². The summed E-state index contributed by atoms with van der Waals surface area (Å²) in [6, 6.07) is 4.48. The van der Waals surface area contributed by atoms with E-state index in [0.29, 0.717) is 0 Å². The molecule has 0 atom stereocenters. The van der Waals surface area contributed by atoms with Gasteiger partial charge in [-0.05, 0) is 6.07 Å². The maximum atomic E-state index is 13.1. The molecule has 0 aliphatic heterocycles. The van der Waals surface area contributed by atoms with Crippen molar-refractivity contribution in [2.45, 2.75) is 0 Å². The number of nitro benzene ring substituents is 1. The molecule has 0 aliphatic rings. The number of anilines is 1. The summed E-state index contributed by atoms with van der Waals surface area (Å²) in [7, 11) is 0. The highest BCUT2D eigenvalue weighted by molar-refractivity contribution is 5.50. The molecule has 0 aliphatic carbocycles. The predicted octanol–water partition coefficient (Wildman–Crippen LogP) is 2.41. The first-order chi connectivity index (χ1) is 9.86. The van der Waals surface area contributed by atoms with Crippen molar-refractivity contribution in [1.82, 2.24) is 4.98 Å². The normalized spacial score (nSPS) is 10.1. The average Bonchev–Trinajstić information content (AvgIpc) is 2.37. The Kier molecular flexibility index (Phi) is 3.61. The van der Waals surface area contributed by atoms with Gasteiger partial charge in [0.15, 0.2) is 0 Å². The largest absolute Gasteiger partial charge is 0.431 e. The predicted molar refractivity (Wildman–Crippen MR) is 68.4 cm³/mol. The lowest BCUT2D eigenvalue weighted by molar-refractivity contribution is -0.386. The van der Waals surface area contributed by atoms with Crippen molar-refractivity contribution in [1.29, 1.82) is 0 Å². The Hall–Kier alpha value is -3.30. The molecule has 0 amide bonds. The summed E-state index contributed by atoms with van der Waals surface area (Å²) < 4.78 is 18.2. The molecule has 21 heavy (non-hydrogen) atoms. The Bertz CT molecular complexity index is 737. The average molecular weight is 294 g/mol. The maximum Gasteiger partial charge on any atom is 0.311 e. The molecule has 0 radical (unpaired) electrons.